The zero-order valence-corrected chi connectivity index (χ0v) is 8.22. The number of unbranched alkanes of at least 4 members (excludes halogenated alkanes) is 1. The molecule has 0 radical (unpaired) electrons. The maximum atomic E-state index is 11.1. The third-order valence-electron chi connectivity index (χ3n) is 1.42. The molecule has 0 aromatic heterocycles. The molecule has 5 heteroatoms. The van der Waals surface area contributed by atoms with E-state index in [0.717, 1.165) is 25.0 Å². The van der Waals surface area contributed by atoms with Gasteiger partial charge in [-0.1, -0.05) is 18.5 Å². The quantitative estimate of drug-likeness (QED) is 0.262. The lowest BCUT2D eigenvalue weighted by molar-refractivity contribution is 0.677. The Hall–Kier alpha value is -0.540. The molecule has 0 aliphatic carbocycles. The van der Waals surface area contributed by atoms with Crippen molar-refractivity contribution in [3.8, 4) is 0 Å². The highest BCUT2D eigenvalue weighted by atomic mass is 32.2. The summed E-state index contributed by atoms with van der Waals surface area (Å²) in [5, 5.41) is 3.37. The van der Waals surface area contributed by atoms with E-state index in [9.17, 15) is 4.21 Å². The predicted molar refractivity (Wildman–Crippen MR) is 51.4 cm³/mol. The fraction of sp³-hybridized carbons (Fsp3) is 1.00. The van der Waals surface area contributed by atoms with E-state index in [-0.39, 0.29) is 0 Å². The molecule has 0 aliphatic rings. The Morgan fingerprint density at radius 1 is 1.42 bits per heavy atom. The molecule has 0 bridgehead atoms. The van der Waals surface area contributed by atoms with Gasteiger partial charge in [-0.25, -0.2) is 0 Å². The van der Waals surface area contributed by atoms with Gasteiger partial charge < -0.3 is 0 Å². The van der Waals surface area contributed by atoms with E-state index in [0.29, 0.717) is 12.3 Å². The summed E-state index contributed by atoms with van der Waals surface area (Å²) < 4.78 is 11.1. The minimum atomic E-state index is -0.707. The molecule has 0 aliphatic heterocycles. The van der Waals surface area contributed by atoms with Crippen molar-refractivity contribution in [2.45, 2.75) is 26.2 Å². The molecule has 1 atom stereocenters. The number of nitrogens with zero attached hydrogens (tertiary/aromatic N) is 3. The zero-order valence-electron chi connectivity index (χ0n) is 7.40. The Bertz CT molecular complexity index is 177. The SMILES string of the molecule is CCCCS(=O)CCCN=[N+]=[N-]. The number of rotatable bonds is 7. The molecular formula is C7H15N3OS. The second-order valence-corrected chi connectivity index (χ2v) is 4.21. The van der Waals surface area contributed by atoms with Crippen LogP contribution in [-0.2, 0) is 10.8 Å². The second kappa shape index (κ2) is 8.56. The van der Waals surface area contributed by atoms with Gasteiger partial charge in [-0.3, -0.25) is 4.21 Å². The smallest absolute Gasteiger partial charge is 0.0266 e. The minimum absolute atomic E-state index is 0.467. The molecule has 0 spiro atoms. The van der Waals surface area contributed by atoms with Gasteiger partial charge in [0.2, 0.25) is 0 Å². The lowest BCUT2D eigenvalue weighted by atomic mass is 10.4. The highest BCUT2D eigenvalue weighted by Gasteiger charge is 1.97. The lowest BCUT2D eigenvalue weighted by Gasteiger charge is -1.97. The van der Waals surface area contributed by atoms with Crippen molar-refractivity contribution in [3.63, 3.8) is 0 Å². The Morgan fingerprint density at radius 3 is 2.67 bits per heavy atom. The van der Waals surface area contributed by atoms with E-state index in [4.69, 9.17) is 5.53 Å². The van der Waals surface area contributed by atoms with Crippen LogP contribution in [0.1, 0.15) is 26.2 Å². The summed E-state index contributed by atoms with van der Waals surface area (Å²) >= 11 is 0. The van der Waals surface area contributed by atoms with E-state index < -0.39 is 10.8 Å². The van der Waals surface area contributed by atoms with E-state index in [1.165, 1.54) is 0 Å². The van der Waals surface area contributed by atoms with Gasteiger partial charge in [0.25, 0.3) is 0 Å². The number of azide groups is 1. The molecule has 0 aromatic rings. The molecule has 0 rings (SSSR count). The summed E-state index contributed by atoms with van der Waals surface area (Å²) in [5.41, 5.74) is 7.96. The van der Waals surface area contributed by atoms with Gasteiger partial charge in [0, 0.05) is 33.8 Å². The third kappa shape index (κ3) is 7.57. The van der Waals surface area contributed by atoms with Crippen LogP contribution >= 0.6 is 0 Å². The first-order valence-corrected chi connectivity index (χ1v) is 5.66. The fourth-order valence-corrected chi connectivity index (χ4v) is 2.01. The predicted octanol–water partition coefficient (Wildman–Crippen LogP) is 2.24. The number of hydrogen-bond donors (Lipinski definition) is 0. The standard InChI is InChI=1S/C7H15N3OS/c1-2-3-6-12(11)7-4-5-9-10-8/h2-7H2,1H3. The second-order valence-electron chi connectivity index (χ2n) is 2.51. The zero-order chi connectivity index (χ0) is 9.23. The molecule has 0 amide bonds. The Labute approximate surface area is 75.4 Å². The maximum absolute atomic E-state index is 11.1. The molecule has 0 saturated heterocycles. The first kappa shape index (κ1) is 11.5. The average molecular weight is 189 g/mol. The lowest BCUT2D eigenvalue weighted by Crippen LogP contribution is -2.03. The van der Waals surface area contributed by atoms with Gasteiger partial charge in [0.1, 0.15) is 0 Å². The highest BCUT2D eigenvalue weighted by Crippen LogP contribution is 1.94. The van der Waals surface area contributed by atoms with Crippen molar-refractivity contribution in [1.82, 2.24) is 0 Å². The fourth-order valence-electron chi connectivity index (χ4n) is 0.748. The van der Waals surface area contributed by atoms with Gasteiger partial charge in [0.15, 0.2) is 0 Å². The van der Waals surface area contributed by atoms with E-state index in [2.05, 4.69) is 16.9 Å². The molecule has 1 unspecified atom stereocenters. The van der Waals surface area contributed by atoms with Crippen molar-refractivity contribution in [2.75, 3.05) is 18.1 Å². The Morgan fingerprint density at radius 2 is 2.08 bits per heavy atom. The topological polar surface area (TPSA) is 65.8 Å². The summed E-state index contributed by atoms with van der Waals surface area (Å²) in [6, 6.07) is 0. The minimum Gasteiger partial charge on any atom is -0.260 e. The summed E-state index contributed by atoms with van der Waals surface area (Å²) in [4.78, 5) is 2.62. The van der Waals surface area contributed by atoms with Gasteiger partial charge in [-0.2, -0.15) is 0 Å². The van der Waals surface area contributed by atoms with Crippen molar-refractivity contribution >= 4 is 10.8 Å². The van der Waals surface area contributed by atoms with Gasteiger partial charge in [-0.15, -0.1) is 0 Å². The molecule has 4 nitrogen and oxygen atoms in total. The van der Waals surface area contributed by atoms with Crippen LogP contribution in [0.15, 0.2) is 5.11 Å². The maximum Gasteiger partial charge on any atom is 0.0266 e. The van der Waals surface area contributed by atoms with Crippen LogP contribution in [0.4, 0.5) is 0 Å². The molecule has 0 fully saturated rings. The first-order valence-electron chi connectivity index (χ1n) is 4.17. The largest absolute Gasteiger partial charge is 0.260 e. The van der Waals surface area contributed by atoms with Crippen LogP contribution in [-0.4, -0.2) is 22.3 Å². The first-order chi connectivity index (χ1) is 5.81. The summed E-state index contributed by atoms with van der Waals surface area (Å²) in [6.45, 7) is 2.55. The molecule has 70 valence electrons. The summed E-state index contributed by atoms with van der Waals surface area (Å²) in [6.07, 6.45) is 2.84. The van der Waals surface area contributed by atoms with E-state index in [1.54, 1.807) is 0 Å². The van der Waals surface area contributed by atoms with Crippen LogP contribution in [0.5, 0.6) is 0 Å². The average Bonchev–Trinajstić information content (AvgIpc) is 2.09. The van der Waals surface area contributed by atoms with Crippen LogP contribution in [0, 0.1) is 0 Å². The van der Waals surface area contributed by atoms with Crippen LogP contribution in [0.3, 0.4) is 0 Å². The normalized spacial score (nSPS) is 12.1. The molecule has 0 aromatic carbocycles. The van der Waals surface area contributed by atoms with Crippen molar-refractivity contribution < 1.29 is 4.21 Å². The van der Waals surface area contributed by atoms with Gasteiger partial charge >= 0.3 is 0 Å². The van der Waals surface area contributed by atoms with Crippen LogP contribution in [0.25, 0.3) is 10.4 Å². The molecule has 0 saturated carbocycles. The van der Waals surface area contributed by atoms with Crippen molar-refractivity contribution in [1.29, 1.82) is 0 Å². The highest BCUT2D eigenvalue weighted by molar-refractivity contribution is 7.84. The van der Waals surface area contributed by atoms with Crippen LogP contribution < -0.4 is 0 Å². The van der Waals surface area contributed by atoms with Gasteiger partial charge in [-0.05, 0) is 18.4 Å². The van der Waals surface area contributed by atoms with Crippen molar-refractivity contribution in [3.05, 3.63) is 10.4 Å². The molecule has 0 N–H and O–H groups in total. The third-order valence-corrected chi connectivity index (χ3v) is 2.91. The van der Waals surface area contributed by atoms with E-state index >= 15 is 0 Å². The summed E-state index contributed by atoms with van der Waals surface area (Å²) in [7, 11) is -0.707. The van der Waals surface area contributed by atoms with E-state index in [1.807, 2.05) is 0 Å². The Balaban J connectivity index is 3.25. The monoisotopic (exact) mass is 189 g/mol. The Kier molecular flexibility index (Phi) is 8.17. The van der Waals surface area contributed by atoms with Crippen molar-refractivity contribution in [2.24, 2.45) is 5.11 Å². The van der Waals surface area contributed by atoms with Gasteiger partial charge in [0.05, 0.1) is 0 Å². The molecule has 12 heavy (non-hydrogen) atoms. The van der Waals surface area contributed by atoms with Crippen LogP contribution in [0.2, 0.25) is 0 Å². The molecular weight excluding hydrogens is 174 g/mol. The molecule has 0 heterocycles. The summed E-state index contributed by atoms with van der Waals surface area (Å²) in [5.74, 6) is 1.45. The number of hydrogen-bond acceptors (Lipinski definition) is 2.